The van der Waals surface area contributed by atoms with E-state index in [1.807, 2.05) is 0 Å². The predicted molar refractivity (Wildman–Crippen MR) is 138 cm³/mol. The maximum atomic E-state index is 8.06. The topological polar surface area (TPSA) is 0 Å². The van der Waals surface area contributed by atoms with E-state index in [0.29, 0.717) is 0 Å². The van der Waals surface area contributed by atoms with Crippen molar-refractivity contribution in [2.45, 2.75) is 25.9 Å². The third-order valence-electron chi connectivity index (χ3n) is 7.53. The fourth-order valence-electron chi connectivity index (χ4n) is 5.82. The molecule has 158 valence electrons. The van der Waals surface area contributed by atoms with Crippen LogP contribution in [0.3, 0.4) is 0 Å². The summed E-state index contributed by atoms with van der Waals surface area (Å²) in [6, 6.07) is 30.9. The second-order valence-electron chi connectivity index (χ2n) is 9.34. The van der Waals surface area contributed by atoms with E-state index in [9.17, 15) is 0 Å². The average molecular weight is 638 g/mol. The van der Waals surface area contributed by atoms with Crippen molar-refractivity contribution in [3.05, 3.63) is 107 Å². The molecule has 0 saturated heterocycles. The minimum absolute atomic E-state index is 0.928. The zero-order valence-electron chi connectivity index (χ0n) is 18.3. The summed E-state index contributed by atoms with van der Waals surface area (Å²) in [5.74, 6) is 0. The molecule has 6 rings (SSSR count). The number of benzene rings is 4. The van der Waals surface area contributed by atoms with Gasteiger partial charge in [-0.3, -0.25) is 0 Å². The zero-order valence-corrected chi connectivity index (χ0v) is 24.4. The van der Waals surface area contributed by atoms with Crippen molar-refractivity contribution < 1.29 is 14.8 Å². The van der Waals surface area contributed by atoms with Crippen LogP contribution in [-0.4, -0.2) is 5.49 Å². The van der Waals surface area contributed by atoms with Gasteiger partial charge in [-0.1, -0.05) is 0 Å². The molecular weight excluding hydrogens is 614 g/mol. The molecule has 4 heteroatoms. The van der Waals surface area contributed by atoms with Gasteiger partial charge in [-0.25, -0.2) is 0 Å². The fraction of sp³-hybridized carbons (Fsp3) is 0.143. The van der Waals surface area contributed by atoms with Crippen LogP contribution in [0.15, 0.2) is 84.9 Å². The summed E-state index contributed by atoms with van der Waals surface area (Å²) >= 11 is -4.76. The molecule has 0 spiro atoms. The van der Waals surface area contributed by atoms with Crippen molar-refractivity contribution in [2.75, 3.05) is 0 Å². The van der Waals surface area contributed by atoms with E-state index in [2.05, 4.69) is 98.0 Å². The van der Waals surface area contributed by atoms with Crippen molar-refractivity contribution in [1.29, 1.82) is 0 Å². The van der Waals surface area contributed by atoms with Crippen molar-refractivity contribution >= 4 is 29.3 Å². The number of hydrogen-bond acceptors (Lipinski definition) is 0. The Hall–Kier alpha value is -1.45. The van der Waals surface area contributed by atoms with Gasteiger partial charge in [0.25, 0.3) is 0 Å². The van der Waals surface area contributed by atoms with E-state index >= 15 is 0 Å². The molecule has 0 unspecified atom stereocenters. The monoisotopic (exact) mass is 638 g/mol. The Balaban J connectivity index is 1.67. The SMILES string of the molecule is C[Si](C)=[Hf]([Cl])([Cl])([c]1cccc2c1Cc1ccccc1-2)[c]1cccc2c1Cc1ccccc1-2. The summed E-state index contributed by atoms with van der Waals surface area (Å²) in [5, 5.41) is 0. The summed E-state index contributed by atoms with van der Waals surface area (Å²) in [5.41, 5.74) is 9.78. The van der Waals surface area contributed by atoms with E-state index in [1.54, 1.807) is 0 Å². The first-order valence-electron chi connectivity index (χ1n) is 11.2. The minimum atomic E-state index is -4.76. The predicted octanol–water partition coefficient (Wildman–Crippen LogP) is 7.03. The molecule has 0 fully saturated rings. The standard InChI is InChI=1S/2C13H9.C2H6Si.2ClH.Hf/c2*1-3-7-12-10(5-1)9-11-6-2-4-8-13(11)12;1-3-2;;;/h2*1-5,7-8H,9H2;1-2H3;2*1H;/q;;;;;+2/p-2. The van der Waals surface area contributed by atoms with Crippen molar-refractivity contribution in [3.63, 3.8) is 0 Å². The van der Waals surface area contributed by atoms with Gasteiger partial charge < -0.3 is 0 Å². The molecule has 0 aromatic heterocycles. The van der Waals surface area contributed by atoms with E-state index < -0.39 is 20.3 Å². The van der Waals surface area contributed by atoms with Gasteiger partial charge in [-0.05, 0) is 0 Å². The van der Waals surface area contributed by atoms with Crippen LogP contribution in [0.4, 0.5) is 0 Å². The number of fused-ring (bicyclic) bond motifs is 6. The molecule has 0 nitrogen and oxygen atoms in total. The summed E-state index contributed by atoms with van der Waals surface area (Å²) in [4.78, 5) is 0. The molecule has 0 heterocycles. The summed E-state index contributed by atoms with van der Waals surface area (Å²) < 4.78 is 2.56. The van der Waals surface area contributed by atoms with Gasteiger partial charge in [-0.2, -0.15) is 0 Å². The van der Waals surface area contributed by atoms with Gasteiger partial charge in [0.15, 0.2) is 0 Å². The number of halogens is 2. The van der Waals surface area contributed by atoms with Crippen molar-refractivity contribution in [1.82, 2.24) is 0 Å². The van der Waals surface area contributed by atoms with Gasteiger partial charge in [0.2, 0.25) is 0 Å². The molecule has 0 amide bonds. The normalized spacial score (nSPS) is 13.9. The second-order valence-corrected chi connectivity index (χ2v) is 60.6. The van der Waals surface area contributed by atoms with Crippen LogP contribution in [0.2, 0.25) is 13.1 Å². The Morgan fingerprint density at radius 1 is 0.562 bits per heavy atom. The molecular formula is C28H24Cl2HfSi. The molecule has 4 aromatic carbocycles. The van der Waals surface area contributed by atoms with Crippen molar-refractivity contribution in [2.24, 2.45) is 0 Å². The summed E-state index contributed by atoms with van der Waals surface area (Å²) in [6.07, 6.45) is 1.86. The van der Waals surface area contributed by atoms with Crippen LogP contribution in [-0.2, 0) is 27.6 Å². The Morgan fingerprint density at radius 2 is 0.969 bits per heavy atom. The molecule has 4 aromatic rings. The summed E-state index contributed by atoms with van der Waals surface area (Å²) in [6.45, 7) is 4.67. The van der Waals surface area contributed by atoms with E-state index in [1.165, 1.54) is 51.1 Å². The van der Waals surface area contributed by atoms with Gasteiger partial charge in [0.05, 0.1) is 0 Å². The molecule has 32 heavy (non-hydrogen) atoms. The van der Waals surface area contributed by atoms with Gasteiger partial charge in [-0.15, -0.1) is 0 Å². The van der Waals surface area contributed by atoms with Crippen LogP contribution >= 0.6 is 17.2 Å². The molecule has 0 aliphatic heterocycles. The van der Waals surface area contributed by atoms with E-state index in [-0.39, 0.29) is 0 Å². The first-order chi connectivity index (χ1) is 15.4. The Labute approximate surface area is 198 Å². The first kappa shape index (κ1) is 21.1. The van der Waals surface area contributed by atoms with Crippen LogP contribution in [0, 0.1) is 0 Å². The molecule has 2 aliphatic carbocycles. The van der Waals surface area contributed by atoms with E-state index in [4.69, 9.17) is 17.2 Å². The Morgan fingerprint density at radius 3 is 1.41 bits per heavy atom. The third-order valence-corrected chi connectivity index (χ3v) is 68.0. The molecule has 2 aliphatic rings. The second kappa shape index (κ2) is 7.27. The van der Waals surface area contributed by atoms with Gasteiger partial charge in [0, 0.05) is 0 Å². The van der Waals surface area contributed by atoms with Crippen LogP contribution in [0.25, 0.3) is 22.3 Å². The van der Waals surface area contributed by atoms with Crippen LogP contribution in [0.5, 0.6) is 0 Å². The Kier molecular flexibility index (Phi) is 4.80. The zero-order chi connectivity index (χ0) is 22.1. The summed E-state index contributed by atoms with van der Waals surface area (Å²) in [7, 11) is 16.1. The fourth-order valence-corrected chi connectivity index (χ4v) is 37.4. The molecule has 0 radical (unpaired) electrons. The molecule has 0 atom stereocenters. The average Bonchev–Trinajstić information content (AvgIpc) is 3.37. The number of hydrogen-bond donors (Lipinski definition) is 0. The van der Waals surface area contributed by atoms with Crippen LogP contribution < -0.4 is 6.64 Å². The Bertz CT molecular complexity index is 1400. The molecule has 0 saturated carbocycles. The third kappa shape index (κ3) is 2.76. The van der Waals surface area contributed by atoms with Crippen LogP contribution in [0.1, 0.15) is 22.3 Å². The number of rotatable bonds is 2. The van der Waals surface area contributed by atoms with Gasteiger partial charge >= 0.3 is 199 Å². The van der Waals surface area contributed by atoms with Crippen molar-refractivity contribution in [3.8, 4) is 22.3 Å². The quantitative estimate of drug-likeness (QED) is 0.179. The molecule has 0 bridgehead atoms. The molecule has 0 N–H and O–H groups in total. The van der Waals surface area contributed by atoms with Gasteiger partial charge in [0.1, 0.15) is 0 Å². The maximum absolute atomic E-state index is 8.06. The first-order valence-corrected chi connectivity index (χ1v) is 31.6. The van der Waals surface area contributed by atoms with E-state index in [0.717, 1.165) is 12.8 Å².